The van der Waals surface area contributed by atoms with Crippen LogP contribution >= 0.6 is 11.6 Å². The highest BCUT2D eigenvalue weighted by Gasteiger charge is 2.17. The molecule has 0 saturated heterocycles. The van der Waals surface area contributed by atoms with Crippen LogP contribution in [0.5, 0.6) is 0 Å². The Morgan fingerprint density at radius 1 is 1.22 bits per heavy atom. The summed E-state index contributed by atoms with van der Waals surface area (Å²) >= 11 is 5.79. The van der Waals surface area contributed by atoms with Gasteiger partial charge in [0.2, 0.25) is 5.91 Å². The van der Waals surface area contributed by atoms with Gasteiger partial charge in [-0.1, -0.05) is 23.7 Å². The summed E-state index contributed by atoms with van der Waals surface area (Å²) in [6.07, 6.45) is 0. The van der Waals surface area contributed by atoms with Crippen LogP contribution in [0.1, 0.15) is 25.5 Å². The fraction of sp³-hybridized carbons (Fsp3) is 0.333. The molecule has 1 aromatic rings. The molecular formula is C12H16ClN3O2. The molecule has 4 N–H and O–H groups in total. The topological polar surface area (TPSA) is 84.2 Å². The first kappa shape index (κ1) is 14.5. The Labute approximate surface area is 111 Å². The van der Waals surface area contributed by atoms with Crippen molar-refractivity contribution in [2.45, 2.75) is 25.9 Å². The van der Waals surface area contributed by atoms with Crippen molar-refractivity contribution in [2.24, 2.45) is 5.73 Å². The molecule has 1 rings (SSSR count). The smallest absolute Gasteiger partial charge is 0.318 e. The van der Waals surface area contributed by atoms with Gasteiger partial charge in [-0.2, -0.15) is 0 Å². The third-order valence-corrected chi connectivity index (χ3v) is 2.76. The predicted octanol–water partition coefficient (Wildman–Crippen LogP) is 1.57. The summed E-state index contributed by atoms with van der Waals surface area (Å²) in [7, 11) is 0. The maximum absolute atomic E-state index is 11.5. The number of urea groups is 1. The highest BCUT2D eigenvalue weighted by Crippen LogP contribution is 2.16. The molecule has 0 spiro atoms. The predicted molar refractivity (Wildman–Crippen MR) is 70.2 cm³/mol. The van der Waals surface area contributed by atoms with Crippen LogP contribution < -0.4 is 16.4 Å². The van der Waals surface area contributed by atoms with E-state index in [4.69, 9.17) is 17.3 Å². The Balaban J connectivity index is 2.58. The third-order valence-electron chi connectivity index (χ3n) is 2.51. The second-order valence-electron chi connectivity index (χ2n) is 4.02. The average molecular weight is 270 g/mol. The minimum Gasteiger partial charge on any atom is -0.351 e. The number of rotatable bonds is 4. The number of hydrogen-bond donors (Lipinski definition) is 3. The van der Waals surface area contributed by atoms with E-state index >= 15 is 0 Å². The Morgan fingerprint density at radius 3 is 2.28 bits per heavy atom. The van der Waals surface area contributed by atoms with Gasteiger partial charge < -0.3 is 5.73 Å². The maximum atomic E-state index is 11.5. The van der Waals surface area contributed by atoms with Gasteiger partial charge in [-0.15, -0.1) is 0 Å². The first-order valence-electron chi connectivity index (χ1n) is 5.52. The number of imide groups is 1. The second kappa shape index (κ2) is 6.37. The largest absolute Gasteiger partial charge is 0.351 e. The second-order valence-corrected chi connectivity index (χ2v) is 4.45. The van der Waals surface area contributed by atoms with Gasteiger partial charge in [0.25, 0.3) is 0 Å². The fourth-order valence-corrected chi connectivity index (χ4v) is 1.65. The molecule has 0 aliphatic rings. The standard InChI is InChI=1S/C12H16ClN3O2/c1-7(9-3-5-10(13)6-4-9)15-8(2)11(17)16-12(14)18/h3-8,15H,1-2H3,(H3,14,16,17,18)/t7-,8+/m0/s1. The van der Waals surface area contributed by atoms with E-state index in [2.05, 4.69) is 5.32 Å². The van der Waals surface area contributed by atoms with Crippen molar-refractivity contribution in [2.75, 3.05) is 0 Å². The minimum atomic E-state index is -0.854. The van der Waals surface area contributed by atoms with Gasteiger partial charge in [-0.05, 0) is 31.5 Å². The van der Waals surface area contributed by atoms with Crippen molar-refractivity contribution in [1.29, 1.82) is 0 Å². The van der Waals surface area contributed by atoms with E-state index in [0.29, 0.717) is 5.02 Å². The van der Waals surface area contributed by atoms with Crippen LogP contribution in [0.3, 0.4) is 0 Å². The average Bonchev–Trinajstić information content (AvgIpc) is 2.28. The number of amides is 3. The molecule has 0 fully saturated rings. The summed E-state index contributed by atoms with van der Waals surface area (Å²) < 4.78 is 0. The lowest BCUT2D eigenvalue weighted by atomic mass is 10.1. The zero-order valence-electron chi connectivity index (χ0n) is 10.2. The van der Waals surface area contributed by atoms with Gasteiger partial charge in [0.15, 0.2) is 0 Å². The van der Waals surface area contributed by atoms with Gasteiger partial charge in [0, 0.05) is 11.1 Å². The Bertz CT molecular complexity index is 433. The van der Waals surface area contributed by atoms with Gasteiger partial charge in [0.1, 0.15) is 0 Å². The maximum Gasteiger partial charge on any atom is 0.318 e. The fourth-order valence-electron chi connectivity index (χ4n) is 1.53. The number of carbonyl (C=O) groups is 2. The quantitative estimate of drug-likeness (QED) is 0.776. The van der Waals surface area contributed by atoms with Crippen molar-refractivity contribution in [1.82, 2.24) is 10.6 Å². The van der Waals surface area contributed by atoms with Crippen molar-refractivity contribution >= 4 is 23.5 Å². The molecule has 0 aliphatic heterocycles. The molecular weight excluding hydrogens is 254 g/mol. The molecule has 98 valence electrons. The summed E-state index contributed by atoms with van der Waals surface area (Å²) in [5, 5.41) is 5.74. The number of hydrogen-bond acceptors (Lipinski definition) is 3. The molecule has 18 heavy (non-hydrogen) atoms. The van der Waals surface area contributed by atoms with Crippen molar-refractivity contribution < 1.29 is 9.59 Å². The SMILES string of the molecule is C[C@H](N[C@H](C)C(=O)NC(N)=O)c1ccc(Cl)cc1. The molecule has 6 heteroatoms. The number of halogens is 1. The van der Waals surface area contributed by atoms with Crippen LogP contribution in [0, 0.1) is 0 Å². The number of nitrogens with two attached hydrogens (primary N) is 1. The van der Waals surface area contributed by atoms with Crippen LogP contribution in [0.15, 0.2) is 24.3 Å². The van der Waals surface area contributed by atoms with Crippen molar-refractivity contribution in [3.63, 3.8) is 0 Å². The van der Waals surface area contributed by atoms with E-state index in [1.807, 2.05) is 24.4 Å². The summed E-state index contributed by atoms with van der Waals surface area (Å²) in [6, 6.07) is 5.89. The highest BCUT2D eigenvalue weighted by atomic mass is 35.5. The van der Waals surface area contributed by atoms with Crippen LogP contribution in [-0.4, -0.2) is 18.0 Å². The van der Waals surface area contributed by atoms with Gasteiger partial charge >= 0.3 is 6.03 Å². The molecule has 0 bridgehead atoms. The summed E-state index contributed by atoms with van der Waals surface area (Å²) in [6.45, 7) is 3.57. The first-order valence-corrected chi connectivity index (χ1v) is 5.89. The van der Waals surface area contributed by atoms with Crippen LogP contribution in [0.4, 0.5) is 4.79 Å². The zero-order chi connectivity index (χ0) is 13.7. The molecule has 0 saturated carbocycles. The molecule has 0 radical (unpaired) electrons. The van der Waals surface area contributed by atoms with Crippen molar-refractivity contribution in [3.05, 3.63) is 34.9 Å². The van der Waals surface area contributed by atoms with Crippen LogP contribution in [0.2, 0.25) is 5.02 Å². The van der Waals surface area contributed by atoms with Gasteiger partial charge in [-0.25, -0.2) is 4.79 Å². The van der Waals surface area contributed by atoms with E-state index in [1.54, 1.807) is 19.1 Å². The van der Waals surface area contributed by atoms with Gasteiger partial charge in [-0.3, -0.25) is 15.4 Å². The Hall–Kier alpha value is -1.59. The monoisotopic (exact) mass is 269 g/mol. The molecule has 0 aromatic heterocycles. The molecule has 0 aliphatic carbocycles. The van der Waals surface area contributed by atoms with E-state index in [-0.39, 0.29) is 6.04 Å². The van der Waals surface area contributed by atoms with E-state index in [0.717, 1.165) is 5.56 Å². The molecule has 5 nitrogen and oxygen atoms in total. The Kier molecular flexibility index (Phi) is 5.12. The van der Waals surface area contributed by atoms with Crippen LogP contribution in [0.25, 0.3) is 0 Å². The summed E-state index contributed by atoms with van der Waals surface area (Å²) in [4.78, 5) is 22.0. The van der Waals surface area contributed by atoms with Gasteiger partial charge in [0.05, 0.1) is 6.04 Å². The number of nitrogens with one attached hydrogen (secondary N) is 2. The highest BCUT2D eigenvalue weighted by molar-refractivity contribution is 6.30. The van der Waals surface area contributed by atoms with E-state index in [9.17, 15) is 9.59 Å². The first-order chi connectivity index (χ1) is 8.40. The van der Waals surface area contributed by atoms with Crippen molar-refractivity contribution in [3.8, 4) is 0 Å². The lowest BCUT2D eigenvalue weighted by Gasteiger charge is -2.19. The minimum absolute atomic E-state index is 0.0455. The molecule has 0 unspecified atom stereocenters. The van der Waals surface area contributed by atoms with Crippen LogP contribution in [-0.2, 0) is 4.79 Å². The summed E-state index contributed by atoms with van der Waals surface area (Å²) in [5.41, 5.74) is 5.87. The molecule has 1 aromatic carbocycles. The lowest BCUT2D eigenvalue weighted by molar-refractivity contribution is -0.121. The third kappa shape index (κ3) is 4.35. The number of benzene rings is 1. The number of primary amides is 1. The normalized spacial score (nSPS) is 13.7. The summed E-state index contributed by atoms with van der Waals surface area (Å²) in [5.74, 6) is -0.455. The number of carbonyl (C=O) groups excluding carboxylic acids is 2. The van der Waals surface area contributed by atoms with E-state index < -0.39 is 18.0 Å². The molecule has 2 atom stereocenters. The lowest BCUT2D eigenvalue weighted by Crippen LogP contribution is -2.47. The molecule has 3 amide bonds. The Morgan fingerprint density at radius 2 is 1.78 bits per heavy atom. The molecule has 0 heterocycles. The zero-order valence-corrected chi connectivity index (χ0v) is 11.0. The van der Waals surface area contributed by atoms with E-state index in [1.165, 1.54) is 0 Å².